The van der Waals surface area contributed by atoms with Crippen molar-refractivity contribution < 1.29 is 0 Å². The van der Waals surface area contributed by atoms with Crippen LogP contribution < -0.4 is 11.1 Å². The minimum atomic E-state index is 0.0530. The van der Waals surface area contributed by atoms with Gasteiger partial charge in [0.15, 0.2) is 0 Å². The standard InChI is InChI=1S/C11H20N2/c1-3-7-13-11(2,9-12)8-10-5-4-6-10/h1,10,13H,4-9,12H2,2H3. The highest BCUT2D eigenvalue weighted by atomic mass is 15.0. The number of terminal acetylenes is 1. The van der Waals surface area contributed by atoms with Crippen molar-refractivity contribution in [3.8, 4) is 12.3 Å². The maximum Gasteiger partial charge on any atom is 0.0578 e. The lowest BCUT2D eigenvalue weighted by Gasteiger charge is -2.36. The van der Waals surface area contributed by atoms with Crippen LogP contribution in [-0.4, -0.2) is 18.6 Å². The number of nitrogens with one attached hydrogen (secondary N) is 1. The van der Waals surface area contributed by atoms with Crippen molar-refractivity contribution in [2.45, 2.75) is 38.1 Å². The second kappa shape index (κ2) is 4.64. The molecule has 1 unspecified atom stereocenters. The largest absolute Gasteiger partial charge is 0.329 e. The molecule has 1 aliphatic carbocycles. The molecule has 0 bridgehead atoms. The molecular formula is C11H20N2. The van der Waals surface area contributed by atoms with Gasteiger partial charge in [0.05, 0.1) is 6.54 Å². The molecule has 0 saturated heterocycles. The Labute approximate surface area is 81.3 Å². The van der Waals surface area contributed by atoms with Crippen LogP contribution in [0.3, 0.4) is 0 Å². The minimum Gasteiger partial charge on any atom is -0.329 e. The number of hydrogen-bond acceptors (Lipinski definition) is 2. The number of hydrogen-bond donors (Lipinski definition) is 2. The summed E-state index contributed by atoms with van der Waals surface area (Å²) in [4.78, 5) is 0. The van der Waals surface area contributed by atoms with E-state index < -0.39 is 0 Å². The van der Waals surface area contributed by atoms with E-state index in [1.54, 1.807) is 0 Å². The van der Waals surface area contributed by atoms with Crippen LogP contribution in [0.15, 0.2) is 0 Å². The van der Waals surface area contributed by atoms with Gasteiger partial charge in [0.25, 0.3) is 0 Å². The van der Waals surface area contributed by atoms with E-state index in [9.17, 15) is 0 Å². The summed E-state index contributed by atoms with van der Waals surface area (Å²) >= 11 is 0. The topological polar surface area (TPSA) is 38.0 Å². The normalized spacial score (nSPS) is 21.6. The van der Waals surface area contributed by atoms with E-state index >= 15 is 0 Å². The highest BCUT2D eigenvalue weighted by Gasteiger charge is 2.28. The Hall–Kier alpha value is -0.520. The highest BCUT2D eigenvalue weighted by Crippen LogP contribution is 2.33. The van der Waals surface area contributed by atoms with Gasteiger partial charge in [-0.05, 0) is 19.3 Å². The van der Waals surface area contributed by atoms with E-state index in [4.69, 9.17) is 12.2 Å². The van der Waals surface area contributed by atoms with Gasteiger partial charge in [-0.3, -0.25) is 5.32 Å². The lowest BCUT2D eigenvalue weighted by molar-refractivity contribution is 0.212. The monoisotopic (exact) mass is 180 g/mol. The van der Waals surface area contributed by atoms with Gasteiger partial charge in [-0.25, -0.2) is 0 Å². The van der Waals surface area contributed by atoms with E-state index in [1.807, 2.05) is 0 Å². The van der Waals surface area contributed by atoms with Gasteiger partial charge < -0.3 is 5.73 Å². The molecule has 1 aliphatic rings. The summed E-state index contributed by atoms with van der Waals surface area (Å²) in [7, 11) is 0. The maximum atomic E-state index is 5.74. The van der Waals surface area contributed by atoms with Gasteiger partial charge in [-0.1, -0.05) is 25.2 Å². The van der Waals surface area contributed by atoms with Crippen LogP contribution in [0.2, 0.25) is 0 Å². The first kappa shape index (κ1) is 10.6. The molecule has 0 spiro atoms. The molecule has 0 amide bonds. The third kappa shape index (κ3) is 3.02. The zero-order chi connectivity index (χ0) is 9.73. The van der Waals surface area contributed by atoms with Gasteiger partial charge in [-0.15, -0.1) is 6.42 Å². The Bertz CT molecular complexity index is 191. The lowest BCUT2D eigenvalue weighted by Crippen LogP contribution is -2.50. The van der Waals surface area contributed by atoms with E-state index in [-0.39, 0.29) is 5.54 Å². The molecule has 3 N–H and O–H groups in total. The van der Waals surface area contributed by atoms with Crippen molar-refractivity contribution in [2.75, 3.05) is 13.1 Å². The predicted octanol–water partition coefficient (Wildman–Crippen LogP) is 1.12. The van der Waals surface area contributed by atoms with Crippen LogP contribution in [0.25, 0.3) is 0 Å². The fraction of sp³-hybridized carbons (Fsp3) is 0.818. The van der Waals surface area contributed by atoms with Crippen LogP contribution in [0, 0.1) is 18.3 Å². The van der Waals surface area contributed by atoms with Gasteiger partial charge in [-0.2, -0.15) is 0 Å². The third-order valence-corrected chi connectivity index (χ3v) is 3.03. The molecule has 13 heavy (non-hydrogen) atoms. The molecule has 74 valence electrons. The Balaban J connectivity index is 2.33. The fourth-order valence-corrected chi connectivity index (χ4v) is 1.83. The summed E-state index contributed by atoms with van der Waals surface area (Å²) in [6.07, 6.45) is 10.5. The highest BCUT2D eigenvalue weighted by molar-refractivity contribution is 4.95. The van der Waals surface area contributed by atoms with Crippen molar-refractivity contribution in [3.63, 3.8) is 0 Å². The summed E-state index contributed by atoms with van der Waals surface area (Å²) in [5, 5.41) is 3.33. The van der Waals surface area contributed by atoms with Crippen LogP contribution in [0.4, 0.5) is 0 Å². The molecule has 0 aliphatic heterocycles. The molecule has 2 nitrogen and oxygen atoms in total. The van der Waals surface area contributed by atoms with Crippen LogP contribution in [0.1, 0.15) is 32.6 Å². The zero-order valence-electron chi connectivity index (χ0n) is 8.47. The Morgan fingerprint density at radius 2 is 2.31 bits per heavy atom. The fourth-order valence-electron chi connectivity index (χ4n) is 1.83. The van der Waals surface area contributed by atoms with E-state index in [0.717, 1.165) is 5.92 Å². The third-order valence-electron chi connectivity index (χ3n) is 3.03. The molecule has 0 heterocycles. The first-order valence-electron chi connectivity index (χ1n) is 5.09. The summed E-state index contributed by atoms with van der Waals surface area (Å²) in [5.41, 5.74) is 5.80. The Morgan fingerprint density at radius 1 is 1.62 bits per heavy atom. The average Bonchev–Trinajstić information content (AvgIpc) is 2.08. The first-order valence-corrected chi connectivity index (χ1v) is 5.09. The molecule has 1 fully saturated rings. The predicted molar refractivity (Wildman–Crippen MR) is 56.3 cm³/mol. The second-order valence-electron chi connectivity index (χ2n) is 4.32. The lowest BCUT2D eigenvalue weighted by atomic mass is 9.76. The Kier molecular flexibility index (Phi) is 3.77. The van der Waals surface area contributed by atoms with Crippen molar-refractivity contribution >= 4 is 0 Å². The van der Waals surface area contributed by atoms with Crippen LogP contribution in [-0.2, 0) is 0 Å². The van der Waals surface area contributed by atoms with Crippen molar-refractivity contribution in [3.05, 3.63) is 0 Å². The van der Waals surface area contributed by atoms with Crippen LogP contribution >= 0.6 is 0 Å². The SMILES string of the molecule is C#CCNC(C)(CN)CC1CCC1. The summed E-state index contributed by atoms with van der Waals surface area (Å²) in [5.74, 6) is 3.47. The van der Waals surface area contributed by atoms with Gasteiger partial charge in [0.1, 0.15) is 0 Å². The number of nitrogens with two attached hydrogens (primary N) is 1. The molecule has 0 aromatic heterocycles. The minimum absolute atomic E-state index is 0.0530. The van der Waals surface area contributed by atoms with E-state index in [1.165, 1.54) is 25.7 Å². The van der Waals surface area contributed by atoms with Crippen molar-refractivity contribution in [1.82, 2.24) is 5.32 Å². The van der Waals surface area contributed by atoms with E-state index in [0.29, 0.717) is 13.1 Å². The van der Waals surface area contributed by atoms with Crippen molar-refractivity contribution in [2.24, 2.45) is 11.7 Å². The molecule has 0 aromatic carbocycles. The second-order valence-corrected chi connectivity index (χ2v) is 4.32. The summed E-state index contributed by atoms with van der Waals surface area (Å²) in [6, 6.07) is 0. The van der Waals surface area contributed by atoms with E-state index in [2.05, 4.69) is 18.2 Å². The molecule has 2 heteroatoms. The molecule has 1 saturated carbocycles. The summed E-state index contributed by atoms with van der Waals surface area (Å²) in [6.45, 7) is 3.47. The molecule has 1 rings (SSSR count). The summed E-state index contributed by atoms with van der Waals surface area (Å²) < 4.78 is 0. The van der Waals surface area contributed by atoms with Gasteiger partial charge in [0, 0.05) is 12.1 Å². The van der Waals surface area contributed by atoms with Crippen molar-refractivity contribution in [1.29, 1.82) is 0 Å². The quantitative estimate of drug-likeness (QED) is 0.622. The Morgan fingerprint density at radius 3 is 2.69 bits per heavy atom. The van der Waals surface area contributed by atoms with Gasteiger partial charge in [0.2, 0.25) is 0 Å². The molecular weight excluding hydrogens is 160 g/mol. The van der Waals surface area contributed by atoms with Gasteiger partial charge >= 0.3 is 0 Å². The molecule has 0 radical (unpaired) electrons. The maximum absolute atomic E-state index is 5.74. The molecule has 1 atom stereocenters. The first-order chi connectivity index (χ1) is 6.20. The number of rotatable bonds is 5. The zero-order valence-corrected chi connectivity index (χ0v) is 8.47. The smallest absolute Gasteiger partial charge is 0.0578 e. The average molecular weight is 180 g/mol. The molecule has 0 aromatic rings. The van der Waals surface area contributed by atoms with Crippen LogP contribution in [0.5, 0.6) is 0 Å².